The van der Waals surface area contributed by atoms with Gasteiger partial charge in [-0.2, -0.15) is 0 Å². The molecule has 0 aliphatic heterocycles. The van der Waals surface area contributed by atoms with E-state index in [1.807, 2.05) is 41.5 Å². The van der Waals surface area contributed by atoms with Crippen LogP contribution in [0.2, 0.25) is 0 Å². The van der Waals surface area contributed by atoms with E-state index in [1.165, 1.54) is 0 Å². The maximum atomic E-state index is 10.5. The van der Waals surface area contributed by atoms with E-state index in [-0.39, 0.29) is 12.8 Å². The fraction of sp³-hybridized carbons (Fsp3) is 0.917. The van der Waals surface area contributed by atoms with Crippen molar-refractivity contribution in [1.29, 1.82) is 0 Å². The molecule has 0 aliphatic carbocycles. The summed E-state index contributed by atoms with van der Waals surface area (Å²) < 4.78 is 0. The number of carboxylic acids is 1. The molecule has 0 radical (unpaired) electrons. The normalized spacial score (nSPS) is 13.1. The highest BCUT2D eigenvalue weighted by Crippen LogP contribution is 2.16. The highest BCUT2D eigenvalue weighted by Gasteiger charge is 2.22. The Kier molecular flexibility index (Phi) is 6.77. The highest BCUT2D eigenvalue weighted by molar-refractivity contribution is 5.66. The first kappa shape index (κ1) is 17.3. The molecular weight excluding hydrogens is 240 g/mol. The van der Waals surface area contributed by atoms with Crippen LogP contribution in [0.4, 0.5) is 0 Å². The Labute approximate surface area is 108 Å². The van der Waals surface area contributed by atoms with Crippen LogP contribution in [0, 0.1) is 0 Å². The van der Waals surface area contributed by atoms with Crippen molar-refractivity contribution >= 4 is 5.97 Å². The minimum Gasteiger partial charge on any atom is -0.481 e. The van der Waals surface area contributed by atoms with Crippen molar-refractivity contribution in [3.05, 3.63) is 0 Å². The van der Waals surface area contributed by atoms with E-state index >= 15 is 0 Å². The number of rotatable bonds is 7. The zero-order valence-electron chi connectivity index (χ0n) is 12.0. The first-order valence-corrected chi connectivity index (χ1v) is 5.90. The van der Waals surface area contributed by atoms with Crippen molar-refractivity contribution < 1.29 is 29.5 Å². The zero-order valence-corrected chi connectivity index (χ0v) is 12.0. The summed E-state index contributed by atoms with van der Waals surface area (Å²) in [6.07, 6.45) is -0.827. The molecule has 0 saturated carbocycles. The van der Waals surface area contributed by atoms with Gasteiger partial charge in [0.05, 0.1) is 17.6 Å². The lowest BCUT2D eigenvalue weighted by Gasteiger charge is -2.25. The van der Waals surface area contributed by atoms with Crippen LogP contribution in [0.1, 0.15) is 54.4 Å². The summed E-state index contributed by atoms with van der Waals surface area (Å²) in [6, 6.07) is 0. The molecule has 108 valence electrons. The van der Waals surface area contributed by atoms with Gasteiger partial charge in [-0.25, -0.2) is 19.6 Å². The van der Waals surface area contributed by atoms with Crippen molar-refractivity contribution in [2.24, 2.45) is 0 Å². The number of carbonyl (C=O) groups is 1. The van der Waals surface area contributed by atoms with E-state index in [0.717, 1.165) is 0 Å². The van der Waals surface area contributed by atoms with Crippen molar-refractivity contribution in [3.8, 4) is 0 Å². The highest BCUT2D eigenvalue weighted by atomic mass is 17.3. The third-order valence-corrected chi connectivity index (χ3v) is 1.40. The topological polar surface area (TPSA) is 74.2 Å². The number of hydrogen-bond acceptors (Lipinski definition) is 5. The monoisotopic (exact) mass is 264 g/mol. The quantitative estimate of drug-likeness (QED) is 0.433. The maximum absolute atomic E-state index is 10.5. The van der Waals surface area contributed by atoms with Crippen molar-refractivity contribution in [3.63, 3.8) is 0 Å². The van der Waals surface area contributed by atoms with Gasteiger partial charge in [-0.15, -0.1) is 0 Å². The molecule has 0 aliphatic rings. The Bertz CT molecular complexity index is 232. The molecule has 0 fully saturated rings. The Morgan fingerprint density at radius 3 is 1.67 bits per heavy atom. The minimum absolute atomic E-state index is 0.0916. The molecule has 0 atom stereocenters. The van der Waals surface area contributed by atoms with Crippen molar-refractivity contribution in [2.45, 2.75) is 71.9 Å². The fourth-order valence-corrected chi connectivity index (χ4v) is 0.750. The van der Waals surface area contributed by atoms with Gasteiger partial charge in [-0.3, -0.25) is 4.79 Å². The smallest absolute Gasteiger partial charge is 0.303 e. The molecule has 1 N–H and O–H groups in total. The summed E-state index contributed by atoms with van der Waals surface area (Å²) in [6.45, 7) is 10.9. The van der Waals surface area contributed by atoms with Gasteiger partial charge in [-0.1, -0.05) is 0 Å². The Morgan fingerprint density at radius 2 is 1.39 bits per heavy atom. The average Bonchev–Trinajstić information content (AvgIpc) is 2.13. The van der Waals surface area contributed by atoms with Gasteiger partial charge in [-0.05, 0) is 41.5 Å². The van der Waals surface area contributed by atoms with Crippen molar-refractivity contribution in [1.82, 2.24) is 0 Å². The molecule has 0 spiro atoms. The molecule has 0 bridgehead atoms. The van der Waals surface area contributed by atoms with Crippen LogP contribution in [0.25, 0.3) is 0 Å². The Morgan fingerprint density at radius 1 is 1.00 bits per heavy atom. The predicted octanol–water partition coefficient (Wildman–Crippen LogP) is 2.67. The summed E-state index contributed by atoms with van der Waals surface area (Å²) in [5.74, 6) is -0.932. The first-order valence-electron chi connectivity index (χ1n) is 5.90. The molecule has 0 aromatic carbocycles. The second-order valence-electron chi connectivity index (χ2n) is 5.95. The third kappa shape index (κ3) is 11.8. The largest absolute Gasteiger partial charge is 0.481 e. The standard InChI is InChI=1S/C12H24O6/c1-11(2,3)17-15-10(8-7-9(13)14)16-18-12(4,5)6/h10H,7-8H2,1-6H3,(H,13,14). The molecule has 6 heteroatoms. The van der Waals surface area contributed by atoms with Crippen LogP contribution < -0.4 is 0 Å². The number of carboxylic acid groups (broad SMARTS) is 1. The zero-order chi connectivity index (χ0) is 14.4. The molecule has 18 heavy (non-hydrogen) atoms. The summed E-state index contributed by atoms with van der Waals surface area (Å²) in [5.41, 5.74) is -1.01. The molecule has 0 aromatic rings. The average molecular weight is 264 g/mol. The lowest BCUT2D eigenvalue weighted by atomic mass is 10.2. The third-order valence-electron chi connectivity index (χ3n) is 1.40. The van der Waals surface area contributed by atoms with Gasteiger partial charge in [0.15, 0.2) is 0 Å². The van der Waals surface area contributed by atoms with Crippen LogP contribution in [0.15, 0.2) is 0 Å². The molecule has 0 amide bonds. The minimum atomic E-state index is -0.932. The van der Waals surface area contributed by atoms with Crippen LogP contribution in [-0.2, 0) is 24.3 Å². The summed E-state index contributed by atoms with van der Waals surface area (Å²) in [5, 5.41) is 8.63. The van der Waals surface area contributed by atoms with Crippen molar-refractivity contribution in [2.75, 3.05) is 0 Å². The van der Waals surface area contributed by atoms with Crippen LogP contribution in [0.3, 0.4) is 0 Å². The summed E-state index contributed by atoms with van der Waals surface area (Å²) >= 11 is 0. The van der Waals surface area contributed by atoms with Gasteiger partial charge in [0.25, 0.3) is 0 Å². The molecule has 0 aromatic heterocycles. The maximum Gasteiger partial charge on any atom is 0.303 e. The van der Waals surface area contributed by atoms with E-state index in [0.29, 0.717) is 0 Å². The Hall–Kier alpha value is -0.690. The number of aliphatic carboxylic acids is 1. The molecule has 0 rings (SSSR count). The van der Waals surface area contributed by atoms with E-state index < -0.39 is 23.5 Å². The number of hydrogen-bond donors (Lipinski definition) is 1. The second kappa shape index (κ2) is 7.04. The molecular formula is C12H24O6. The fourth-order valence-electron chi connectivity index (χ4n) is 0.750. The van der Waals surface area contributed by atoms with Gasteiger partial charge in [0, 0.05) is 6.42 Å². The lowest BCUT2D eigenvalue weighted by molar-refractivity contribution is -0.497. The SMILES string of the molecule is CC(C)(C)OOC(CCC(=O)O)OOC(C)(C)C. The second-order valence-corrected chi connectivity index (χ2v) is 5.95. The lowest BCUT2D eigenvalue weighted by Crippen LogP contribution is -2.30. The molecule has 0 saturated heterocycles. The van der Waals surface area contributed by atoms with Crippen LogP contribution in [-0.4, -0.2) is 28.6 Å². The van der Waals surface area contributed by atoms with E-state index in [1.54, 1.807) is 0 Å². The van der Waals surface area contributed by atoms with Gasteiger partial charge >= 0.3 is 5.97 Å². The molecule has 0 heterocycles. The molecule has 6 nitrogen and oxygen atoms in total. The Balaban J connectivity index is 4.20. The van der Waals surface area contributed by atoms with Crippen LogP contribution >= 0.6 is 0 Å². The predicted molar refractivity (Wildman–Crippen MR) is 64.5 cm³/mol. The van der Waals surface area contributed by atoms with E-state index in [2.05, 4.69) is 0 Å². The summed E-state index contributed by atoms with van der Waals surface area (Å²) in [7, 11) is 0. The van der Waals surface area contributed by atoms with Gasteiger partial charge in [0.1, 0.15) is 0 Å². The van der Waals surface area contributed by atoms with E-state index in [9.17, 15) is 4.79 Å². The van der Waals surface area contributed by atoms with Gasteiger partial charge in [0.2, 0.25) is 6.29 Å². The molecule has 0 unspecified atom stereocenters. The van der Waals surface area contributed by atoms with Gasteiger partial charge < -0.3 is 5.11 Å². The first-order chi connectivity index (χ1) is 7.99. The summed E-state index contributed by atoms with van der Waals surface area (Å²) in [4.78, 5) is 30.8. The van der Waals surface area contributed by atoms with E-state index in [4.69, 9.17) is 24.7 Å². The van der Waals surface area contributed by atoms with Crippen LogP contribution in [0.5, 0.6) is 0 Å².